The van der Waals surface area contributed by atoms with Crippen molar-refractivity contribution in [2.75, 3.05) is 13.7 Å². The van der Waals surface area contributed by atoms with E-state index in [0.717, 1.165) is 18.6 Å². The van der Waals surface area contributed by atoms with E-state index in [1.165, 1.54) is 11.1 Å². The number of aliphatic hydroxyl groups is 1. The van der Waals surface area contributed by atoms with E-state index in [2.05, 4.69) is 18.2 Å². The fraction of sp³-hybridized carbons (Fsp3) is 0.385. The van der Waals surface area contributed by atoms with Crippen LogP contribution in [-0.4, -0.2) is 18.8 Å². The van der Waals surface area contributed by atoms with Gasteiger partial charge in [-0.05, 0) is 36.1 Å². The molecular weight excluding hydrogens is 188 g/mol. The summed E-state index contributed by atoms with van der Waals surface area (Å²) in [6.07, 6.45) is 4.32. The molecule has 2 heteroatoms. The summed E-state index contributed by atoms with van der Waals surface area (Å²) in [6, 6.07) is 8.10. The smallest absolute Gasteiger partial charge is 0.118 e. The molecule has 1 aliphatic rings. The second kappa shape index (κ2) is 4.49. The molecule has 80 valence electrons. The quantitative estimate of drug-likeness (QED) is 0.819. The van der Waals surface area contributed by atoms with Gasteiger partial charge >= 0.3 is 0 Å². The normalized spacial score (nSPS) is 20.1. The SMILES string of the molecule is COc1ccc(C2=CC(CO)CC2)cc1. The second-order valence-electron chi connectivity index (χ2n) is 3.90. The summed E-state index contributed by atoms with van der Waals surface area (Å²) in [5, 5.41) is 9.05. The molecule has 1 aliphatic carbocycles. The Bertz CT molecular complexity index is 351. The molecule has 0 bridgehead atoms. The predicted molar refractivity (Wildman–Crippen MR) is 60.8 cm³/mol. The first-order valence-electron chi connectivity index (χ1n) is 5.29. The van der Waals surface area contributed by atoms with Gasteiger partial charge in [-0.1, -0.05) is 18.2 Å². The zero-order valence-electron chi connectivity index (χ0n) is 8.94. The zero-order chi connectivity index (χ0) is 10.7. The number of rotatable bonds is 3. The average Bonchev–Trinajstić information content (AvgIpc) is 2.78. The molecule has 0 radical (unpaired) electrons. The van der Waals surface area contributed by atoms with Gasteiger partial charge in [0.25, 0.3) is 0 Å². The van der Waals surface area contributed by atoms with Gasteiger partial charge in [-0.15, -0.1) is 0 Å². The molecule has 2 nitrogen and oxygen atoms in total. The fourth-order valence-electron chi connectivity index (χ4n) is 1.98. The maximum absolute atomic E-state index is 9.05. The average molecular weight is 204 g/mol. The van der Waals surface area contributed by atoms with Crippen molar-refractivity contribution in [2.45, 2.75) is 12.8 Å². The highest BCUT2D eigenvalue weighted by Gasteiger charge is 2.15. The molecular formula is C13H16O2. The molecule has 0 saturated carbocycles. The first kappa shape index (κ1) is 10.2. The van der Waals surface area contributed by atoms with E-state index in [4.69, 9.17) is 9.84 Å². The lowest BCUT2D eigenvalue weighted by molar-refractivity contribution is 0.251. The topological polar surface area (TPSA) is 29.5 Å². The molecule has 15 heavy (non-hydrogen) atoms. The van der Waals surface area contributed by atoms with Crippen LogP contribution in [0.4, 0.5) is 0 Å². The van der Waals surface area contributed by atoms with Crippen molar-refractivity contribution in [3.63, 3.8) is 0 Å². The first-order valence-corrected chi connectivity index (χ1v) is 5.29. The van der Waals surface area contributed by atoms with E-state index >= 15 is 0 Å². The molecule has 1 N–H and O–H groups in total. The molecule has 1 aromatic carbocycles. The summed E-state index contributed by atoms with van der Waals surface area (Å²) in [5.41, 5.74) is 2.59. The van der Waals surface area contributed by atoms with Crippen LogP contribution in [0.3, 0.4) is 0 Å². The van der Waals surface area contributed by atoms with E-state index in [9.17, 15) is 0 Å². The molecule has 0 heterocycles. The fourth-order valence-corrected chi connectivity index (χ4v) is 1.98. The number of allylic oxidation sites excluding steroid dienone is 1. The Labute approximate surface area is 90.2 Å². The second-order valence-corrected chi connectivity index (χ2v) is 3.90. The number of benzene rings is 1. The van der Waals surface area contributed by atoms with Crippen molar-refractivity contribution >= 4 is 5.57 Å². The largest absolute Gasteiger partial charge is 0.497 e. The standard InChI is InChI=1S/C13H16O2/c1-15-13-6-4-11(5-7-13)12-3-2-10(8-12)9-14/h4-8,10,14H,2-3,9H2,1H3. The van der Waals surface area contributed by atoms with Crippen LogP contribution >= 0.6 is 0 Å². The van der Waals surface area contributed by atoms with Crippen molar-refractivity contribution in [2.24, 2.45) is 5.92 Å². The summed E-state index contributed by atoms with van der Waals surface area (Å²) >= 11 is 0. The van der Waals surface area contributed by atoms with Crippen LogP contribution < -0.4 is 4.74 Å². The number of ether oxygens (including phenoxy) is 1. The molecule has 1 unspecified atom stereocenters. The minimum atomic E-state index is 0.264. The third-order valence-electron chi connectivity index (χ3n) is 2.92. The van der Waals surface area contributed by atoms with E-state index in [1.807, 2.05) is 12.1 Å². The monoisotopic (exact) mass is 204 g/mol. The highest BCUT2D eigenvalue weighted by molar-refractivity contribution is 5.68. The zero-order valence-corrected chi connectivity index (χ0v) is 8.94. The molecule has 1 aromatic rings. The molecule has 1 atom stereocenters. The lowest BCUT2D eigenvalue weighted by atomic mass is 10.1. The van der Waals surface area contributed by atoms with Gasteiger partial charge < -0.3 is 9.84 Å². The number of hydrogen-bond acceptors (Lipinski definition) is 2. The molecule has 0 fully saturated rings. The molecule has 0 spiro atoms. The highest BCUT2D eigenvalue weighted by atomic mass is 16.5. The van der Waals surface area contributed by atoms with Crippen molar-refractivity contribution < 1.29 is 9.84 Å². The summed E-state index contributed by atoms with van der Waals surface area (Å²) in [5.74, 6) is 1.23. The Morgan fingerprint density at radius 2 is 2.07 bits per heavy atom. The van der Waals surface area contributed by atoms with Gasteiger partial charge in [0.1, 0.15) is 5.75 Å². The Morgan fingerprint density at radius 3 is 2.60 bits per heavy atom. The molecule has 0 amide bonds. The van der Waals surface area contributed by atoms with Crippen LogP contribution in [-0.2, 0) is 0 Å². The van der Waals surface area contributed by atoms with Gasteiger partial charge in [-0.2, -0.15) is 0 Å². The van der Waals surface area contributed by atoms with Crippen molar-refractivity contribution in [1.29, 1.82) is 0 Å². The summed E-state index contributed by atoms with van der Waals surface area (Å²) in [7, 11) is 1.67. The van der Waals surface area contributed by atoms with Gasteiger partial charge in [0.15, 0.2) is 0 Å². The predicted octanol–water partition coefficient (Wildman–Crippen LogP) is 2.48. The lowest BCUT2D eigenvalue weighted by Crippen LogP contribution is -1.96. The van der Waals surface area contributed by atoms with E-state index in [-0.39, 0.29) is 6.61 Å². The van der Waals surface area contributed by atoms with Gasteiger partial charge in [0.05, 0.1) is 7.11 Å². The highest BCUT2D eigenvalue weighted by Crippen LogP contribution is 2.31. The van der Waals surface area contributed by atoms with Crippen molar-refractivity contribution in [1.82, 2.24) is 0 Å². The Morgan fingerprint density at radius 1 is 1.33 bits per heavy atom. The Kier molecular flexibility index (Phi) is 3.07. The van der Waals surface area contributed by atoms with Crippen LogP contribution in [0.15, 0.2) is 30.3 Å². The first-order chi connectivity index (χ1) is 7.33. The molecule has 0 aliphatic heterocycles. The van der Waals surface area contributed by atoms with Gasteiger partial charge in [0.2, 0.25) is 0 Å². The Hall–Kier alpha value is -1.28. The third kappa shape index (κ3) is 2.21. The van der Waals surface area contributed by atoms with Crippen LogP contribution in [0, 0.1) is 5.92 Å². The van der Waals surface area contributed by atoms with Crippen LogP contribution in [0.25, 0.3) is 5.57 Å². The van der Waals surface area contributed by atoms with Crippen LogP contribution in [0.2, 0.25) is 0 Å². The van der Waals surface area contributed by atoms with Gasteiger partial charge in [0, 0.05) is 12.5 Å². The number of hydrogen-bond donors (Lipinski definition) is 1. The Balaban J connectivity index is 2.16. The minimum absolute atomic E-state index is 0.264. The van der Waals surface area contributed by atoms with E-state index < -0.39 is 0 Å². The molecule has 0 aromatic heterocycles. The van der Waals surface area contributed by atoms with E-state index in [1.54, 1.807) is 7.11 Å². The van der Waals surface area contributed by atoms with E-state index in [0.29, 0.717) is 5.92 Å². The molecule has 0 saturated heterocycles. The maximum atomic E-state index is 9.05. The minimum Gasteiger partial charge on any atom is -0.497 e. The van der Waals surface area contributed by atoms with Gasteiger partial charge in [-0.3, -0.25) is 0 Å². The summed E-state index contributed by atoms with van der Waals surface area (Å²) < 4.78 is 5.11. The van der Waals surface area contributed by atoms with Crippen molar-refractivity contribution in [3.05, 3.63) is 35.9 Å². The third-order valence-corrected chi connectivity index (χ3v) is 2.92. The van der Waals surface area contributed by atoms with Crippen molar-refractivity contribution in [3.8, 4) is 5.75 Å². The lowest BCUT2D eigenvalue weighted by Gasteiger charge is -2.03. The number of aliphatic hydroxyl groups excluding tert-OH is 1. The van der Waals surface area contributed by atoms with Gasteiger partial charge in [-0.25, -0.2) is 0 Å². The van der Waals surface area contributed by atoms with Crippen LogP contribution in [0.1, 0.15) is 18.4 Å². The van der Waals surface area contributed by atoms with Crippen LogP contribution in [0.5, 0.6) is 5.75 Å². The molecule has 2 rings (SSSR count). The maximum Gasteiger partial charge on any atom is 0.118 e. The summed E-state index contributed by atoms with van der Waals surface area (Å²) in [6.45, 7) is 0.264. The summed E-state index contributed by atoms with van der Waals surface area (Å²) in [4.78, 5) is 0. The number of methoxy groups -OCH3 is 1.